The fourth-order valence-electron chi connectivity index (χ4n) is 22.3. The van der Waals surface area contributed by atoms with Crippen molar-refractivity contribution >= 4 is 11.6 Å². The van der Waals surface area contributed by atoms with Gasteiger partial charge in [0.1, 0.15) is 74.7 Å². The summed E-state index contributed by atoms with van der Waals surface area (Å²) in [5.74, 6) is 9.83. The minimum absolute atomic E-state index is 0.0232. The highest BCUT2D eigenvalue weighted by atomic mass is 16.7. The van der Waals surface area contributed by atoms with Gasteiger partial charge in [-0.25, -0.2) is 0 Å². The summed E-state index contributed by atoms with van der Waals surface area (Å²) in [6, 6.07) is 46.2. The summed E-state index contributed by atoms with van der Waals surface area (Å²) >= 11 is 0. The molecule has 1 saturated heterocycles. The van der Waals surface area contributed by atoms with Gasteiger partial charge in [0, 0.05) is 174 Å². The first-order chi connectivity index (χ1) is 68.4. The molecule has 752 valence electrons. The molecule has 142 heavy (non-hydrogen) atoms. The molecule has 14 atom stereocenters. The first kappa shape index (κ1) is 97.0. The van der Waals surface area contributed by atoms with Crippen LogP contribution in [-0.4, -0.2) is 186 Å². The van der Waals surface area contributed by atoms with Crippen molar-refractivity contribution in [3.05, 3.63) is 201 Å². The minimum Gasteiger partial charge on any atom is -0.497 e. The van der Waals surface area contributed by atoms with Crippen molar-refractivity contribution < 1.29 is 148 Å². The van der Waals surface area contributed by atoms with E-state index < -0.39 is 46.8 Å². The van der Waals surface area contributed by atoms with Crippen LogP contribution in [0.2, 0.25) is 0 Å². The van der Waals surface area contributed by atoms with Crippen molar-refractivity contribution in [2.24, 2.45) is 29.6 Å². The summed E-state index contributed by atoms with van der Waals surface area (Å²) in [5, 5.41) is 33.8. The molecule has 0 aromatic heterocycles. The van der Waals surface area contributed by atoms with Crippen LogP contribution in [-0.2, 0) is 9.59 Å². The monoisotopic (exact) mass is 1950 g/mol. The van der Waals surface area contributed by atoms with Gasteiger partial charge in [0.15, 0.2) is 86.2 Å². The van der Waals surface area contributed by atoms with Gasteiger partial charge in [-0.1, -0.05) is 45.0 Å². The summed E-state index contributed by atoms with van der Waals surface area (Å²) in [6.07, 6.45) is 5.09. The van der Waals surface area contributed by atoms with Crippen LogP contribution >= 0.6 is 0 Å². The van der Waals surface area contributed by atoms with Gasteiger partial charge in [0.2, 0.25) is 62.8 Å². The zero-order valence-electron chi connectivity index (χ0n) is 83.0. The molecule has 23 rings (SSSR count). The Morgan fingerprint density at radius 2 is 0.613 bits per heavy atom. The van der Waals surface area contributed by atoms with Crippen molar-refractivity contribution in [1.82, 2.24) is 4.90 Å². The van der Waals surface area contributed by atoms with Crippen LogP contribution in [0.15, 0.2) is 146 Å². The fraction of sp³-hybridized carbons (Fsp3) is 0.436. The van der Waals surface area contributed by atoms with E-state index in [9.17, 15) is 24.9 Å². The molecule has 10 aromatic rings. The molecule has 2 aliphatic carbocycles. The maximum atomic E-state index is 13.1. The van der Waals surface area contributed by atoms with Gasteiger partial charge in [-0.2, -0.15) is 0 Å². The molecule has 0 spiro atoms. The Balaban J connectivity index is 0.000000113. The number of nitrogens with zero attached hydrogens (tertiary/aromatic N) is 1. The van der Waals surface area contributed by atoms with Crippen LogP contribution in [0.25, 0.3) is 0 Å². The van der Waals surface area contributed by atoms with Crippen molar-refractivity contribution in [2.75, 3.05) is 125 Å². The molecule has 11 aliphatic heterocycles. The lowest BCUT2D eigenvalue weighted by Crippen LogP contribution is -2.57. The smallest absolute Gasteiger partial charge is 0.231 e. The number of methoxy groups -OCH3 is 11. The second kappa shape index (κ2) is 38.9. The van der Waals surface area contributed by atoms with Crippen molar-refractivity contribution in [2.45, 2.75) is 158 Å². The summed E-state index contributed by atoms with van der Waals surface area (Å²) < 4.78 is 147. The first-order valence-electron chi connectivity index (χ1n) is 47.7. The summed E-state index contributed by atoms with van der Waals surface area (Å²) in [4.78, 5) is 28.6. The number of benzene rings is 10. The summed E-state index contributed by atoms with van der Waals surface area (Å²) in [5.41, 5.74) is 8.78. The van der Waals surface area contributed by atoms with Gasteiger partial charge in [0.25, 0.3) is 0 Å². The fourth-order valence-corrected chi connectivity index (χ4v) is 22.3. The number of ether oxygens (including phenoxy) is 26. The highest BCUT2D eigenvalue weighted by Gasteiger charge is 2.59. The summed E-state index contributed by atoms with van der Waals surface area (Å²) in [7, 11) is 17.6. The molecule has 14 unspecified atom stereocenters. The number of aliphatic hydroxyl groups is 3. The average Bonchev–Trinajstić information content (AvgIpc) is 1.33. The van der Waals surface area contributed by atoms with Crippen LogP contribution in [0.3, 0.4) is 0 Å². The number of likely N-dealkylation sites (tertiary alicyclic amines) is 1. The number of hydrogen-bond donors (Lipinski definition) is 3. The number of carbonyl (C=O) groups excluding carboxylic acids is 2. The standard InChI is InChI=1S/C24H29NO5.C23H24O8.C22H22O7.C21H24O7.C20H22O4/c1-15-23(17-8-7-16(26-3)11-19(17)27-4)18-12-21-22(29-14-28-21)13-20(18)30-24(15,2)25-9-5-6-10-25;1-26-18-7-12(8-19(27-2)22(18)28-3)20-13-9-16-17(30-11-29-16)10-15(13)31-23(25)6-4-5-14(24)21(20)23;1-25-12-5-6-13(16(8-12)26-2)20-14-9-18-19(28-11-27-18)10-17(14)29-22(24)7-3-4-15(23)21(20)22;1-11-19(12-6-17(23-3)20(25-5)18(7-12)24-4)13-8-15-16(27-10-26-15)9-14(13)28-21(11,2)22;1-12-19(13-5-7-14(21-4)8-6-13)15-9-17-18(23-11-22-17)10-16(15)24-20(12,2)3/h7-8,11-13,15,23H,5-6,9-10,14H2,1-4H3;7-10,20-21,25H,4-6,11H2,1-3H3;5-6,8-10,20-21,24H,3-4,7,11H2,1-2H3;6-9,11,19,22H,10H2,1-5H3;5-10,12,19H,11H2,1-4H3. The minimum atomic E-state index is -1.61. The molecule has 10 aromatic carbocycles. The number of rotatable bonds is 17. The number of Topliss-reactive ketones (excluding diaryl/α,β-unsaturated/α-hetero) is 2. The van der Waals surface area contributed by atoms with E-state index >= 15 is 0 Å². The molecule has 2 saturated carbocycles. The second-order valence-electron chi connectivity index (χ2n) is 38.1. The van der Waals surface area contributed by atoms with E-state index in [0.717, 1.165) is 115 Å². The van der Waals surface area contributed by atoms with Gasteiger partial charge in [-0.15, -0.1) is 0 Å². The Morgan fingerprint density at radius 1 is 0.289 bits per heavy atom. The molecule has 13 aliphatic rings. The molecule has 3 N–H and O–H groups in total. The van der Waals surface area contributed by atoms with E-state index in [1.165, 1.54) is 25.5 Å². The van der Waals surface area contributed by atoms with E-state index in [2.05, 4.69) is 69.9 Å². The largest absolute Gasteiger partial charge is 0.497 e. The zero-order valence-corrected chi connectivity index (χ0v) is 83.0. The Bertz CT molecular complexity index is 6380. The van der Waals surface area contributed by atoms with Crippen LogP contribution in [0.5, 0.6) is 149 Å². The maximum Gasteiger partial charge on any atom is 0.231 e. The SMILES string of the molecule is COc1cc(C2c3cc4c(cc3OC(C)(O)C2C)OCO4)cc(OC)c1OC.COc1cc(C2c3cc4c(cc3OC3(O)CCCC(=O)C23)OCO4)cc(OC)c1OC.COc1ccc(C2c3cc4c(cc3OC(C)(C)C2C)OCO4)cc1.COc1ccc(C2c3cc4c(cc3OC(C)(N3CCCC3)C2C)OCO4)c(OC)c1.COc1ccc(C2c3cc4c(cc3OC3(O)CCCC(=O)C23)OCO4)c(OC)c1. The lowest BCUT2D eigenvalue weighted by Gasteiger charge is -2.50. The molecule has 3 fully saturated rings. The molecule has 0 amide bonds. The van der Waals surface area contributed by atoms with Crippen LogP contribution in [0.1, 0.15) is 185 Å². The number of hydrogen-bond acceptors (Lipinski definition) is 32. The third-order valence-electron chi connectivity index (χ3n) is 30.2. The molecule has 32 nitrogen and oxygen atoms in total. The van der Waals surface area contributed by atoms with Gasteiger partial charge >= 0.3 is 0 Å². The molecular weight excluding hydrogens is 1830 g/mol. The molecule has 11 heterocycles. The quantitative estimate of drug-likeness (QED) is 0.0762. The lowest BCUT2D eigenvalue weighted by molar-refractivity contribution is -0.207. The van der Waals surface area contributed by atoms with Crippen LogP contribution in [0.4, 0.5) is 0 Å². The van der Waals surface area contributed by atoms with Crippen molar-refractivity contribution in [3.8, 4) is 149 Å². The average molecular weight is 1950 g/mol. The Hall–Kier alpha value is -13.8. The van der Waals surface area contributed by atoms with Crippen molar-refractivity contribution in [3.63, 3.8) is 0 Å². The normalized spacial score (nSPS) is 25.8. The third-order valence-corrected chi connectivity index (χ3v) is 30.2. The number of fused-ring (bicyclic) bond motifs is 12. The molecule has 0 bridgehead atoms. The Kier molecular flexibility index (Phi) is 26.6. The van der Waals surface area contributed by atoms with Crippen molar-refractivity contribution in [1.29, 1.82) is 0 Å². The Morgan fingerprint density at radius 3 is 1.00 bits per heavy atom. The lowest BCUT2D eigenvalue weighted by atomic mass is 9.67. The predicted molar refractivity (Wildman–Crippen MR) is 515 cm³/mol. The molecular formula is C110H121NO31. The summed E-state index contributed by atoms with van der Waals surface area (Å²) in [6.45, 7) is 17.6. The van der Waals surface area contributed by atoms with E-state index in [0.29, 0.717) is 142 Å². The zero-order chi connectivity index (χ0) is 99.8. The van der Waals surface area contributed by atoms with Crippen LogP contribution < -0.4 is 123 Å². The van der Waals surface area contributed by atoms with E-state index in [1.54, 1.807) is 102 Å². The predicted octanol–water partition coefficient (Wildman–Crippen LogP) is 18.1. The number of ketones is 2. The maximum absolute atomic E-state index is 13.1. The molecule has 0 radical (unpaired) electrons. The highest BCUT2D eigenvalue weighted by molar-refractivity contribution is 5.87. The van der Waals surface area contributed by atoms with Gasteiger partial charge < -0.3 is 138 Å². The Labute approximate surface area is 824 Å². The second-order valence-corrected chi connectivity index (χ2v) is 38.1. The first-order valence-corrected chi connectivity index (χ1v) is 47.7. The number of carbonyl (C=O) groups is 2. The van der Waals surface area contributed by atoms with Crippen LogP contribution in [0, 0.1) is 29.6 Å². The van der Waals surface area contributed by atoms with Gasteiger partial charge in [0.05, 0.1) is 90.0 Å². The van der Waals surface area contributed by atoms with E-state index in [4.69, 9.17) is 123 Å². The van der Waals surface area contributed by atoms with Gasteiger partial charge in [-0.3, -0.25) is 14.5 Å². The van der Waals surface area contributed by atoms with E-state index in [1.807, 2.05) is 97.9 Å². The topological polar surface area (TPSA) is 338 Å². The van der Waals surface area contributed by atoms with Gasteiger partial charge in [-0.05, 0) is 142 Å². The highest BCUT2D eigenvalue weighted by Crippen LogP contribution is 2.63. The third kappa shape index (κ3) is 17.5. The van der Waals surface area contributed by atoms with E-state index in [-0.39, 0.29) is 80.7 Å². The molecule has 32 heteroatoms.